The van der Waals surface area contributed by atoms with E-state index in [0.717, 1.165) is 0 Å². The minimum absolute atomic E-state index is 0.359. The van der Waals surface area contributed by atoms with Gasteiger partial charge < -0.3 is 15.4 Å². The Labute approximate surface area is 134 Å². The second-order valence-corrected chi connectivity index (χ2v) is 4.73. The normalized spacial score (nSPS) is 9.91. The molecule has 114 valence electrons. The molecular weight excluding hydrogens is 290 g/mol. The monoisotopic (exact) mass is 305 g/mol. The molecule has 0 spiro atoms. The maximum atomic E-state index is 12.1. The Morgan fingerprint density at radius 2 is 1.65 bits per heavy atom. The number of nitrogens with zero attached hydrogens (tertiary/aromatic N) is 1. The van der Waals surface area contributed by atoms with Crippen LogP contribution < -0.4 is 15.4 Å². The molecule has 23 heavy (non-hydrogen) atoms. The molecule has 5 nitrogen and oxygen atoms in total. The molecule has 0 radical (unpaired) electrons. The van der Waals surface area contributed by atoms with Gasteiger partial charge in [-0.15, -0.1) is 0 Å². The van der Waals surface area contributed by atoms with Crippen LogP contribution in [0.15, 0.2) is 79.1 Å². The number of para-hydroxylation sites is 3. The molecule has 0 atom stereocenters. The second-order valence-electron chi connectivity index (χ2n) is 4.73. The summed E-state index contributed by atoms with van der Waals surface area (Å²) in [6.07, 6.45) is 3.22. The van der Waals surface area contributed by atoms with Crippen molar-refractivity contribution in [1.82, 2.24) is 4.98 Å². The molecular formula is C18H15N3O2. The van der Waals surface area contributed by atoms with Gasteiger partial charge in [-0.2, -0.15) is 0 Å². The summed E-state index contributed by atoms with van der Waals surface area (Å²) in [4.78, 5) is 16.0. The number of hydrogen-bond donors (Lipinski definition) is 2. The van der Waals surface area contributed by atoms with E-state index in [1.54, 1.807) is 36.7 Å². The molecule has 0 unspecified atom stereocenters. The summed E-state index contributed by atoms with van der Waals surface area (Å²) in [6.45, 7) is 0. The number of nitrogens with one attached hydrogen (secondary N) is 2. The van der Waals surface area contributed by atoms with Crippen molar-refractivity contribution in [3.05, 3.63) is 79.1 Å². The van der Waals surface area contributed by atoms with Gasteiger partial charge in [0.15, 0.2) is 5.75 Å². The Kier molecular flexibility index (Phi) is 4.49. The van der Waals surface area contributed by atoms with Crippen LogP contribution in [0.2, 0.25) is 0 Å². The van der Waals surface area contributed by atoms with Gasteiger partial charge >= 0.3 is 6.03 Å². The van der Waals surface area contributed by atoms with Crippen molar-refractivity contribution >= 4 is 17.4 Å². The maximum absolute atomic E-state index is 12.1. The molecule has 2 amide bonds. The van der Waals surface area contributed by atoms with Gasteiger partial charge in [0.2, 0.25) is 0 Å². The Morgan fingerprint density at radius 3 is 2.43 bits per heavy atom. The predicted octanol–water partition coefficient (Wildman–Crippen LogP) is 4.52. The number of ether oxygens (including phenoxy) is 1. The van der Waals surface area contributed by atoms with E-state index >= 15 is 0 Å². The molecule has 2 aromatic carbocycles. The molecule has 5 heteroatoms. The van der Waals surface area contributed by atoms with Gasteiger partial charge in [0.1, 0.15) is 5.75 Å². The minimum atomic E-state index is -0.359. The number of anilines is 2. The summed E-state index contributed by atoms with van der Waals surface area (Å²) in [5.41, 5.74) is 1.20. The molecule has 0 fully saturated rings. The molecule has 1 heterocycles. The predicted molar refractivity (Wildman–Crippen MR) is 89.8 cm³/mol. The van der Waals surface area contributed by atoms with E-state index in [1.807, 2.05) is 42.5 Å². The van der Waals surface area contributed by atoms with Crippen molar-refractivity contribution in [2.45, 2.75) is 0 Å². The summed E-state index contributed by atoms with van der Waals surface area (Å²) < 4.78 is 5.81. The molecule has 0 saturated carbocycles. The summed E-state index contributed by atoms with van der Waals surface area (Å²) in [5, 5.41) is 5.49. The maximum Gasteiger partial charge on any atom is 0.323 e. The Hall–Kier alpha value is -3.34. The average molecular weight is 305 g/mol. The molecule has 3 rings (SSSR count). The van der Waals surface area contributed by atoms with Gasteiger partial charge in [-0.05, 0) is 36.4 Å². The number of carbonyl (C=O) groups excluding carboxylic acids is 1. The highest BCUT2D eigenvalue weighted by Gasteiger charge is 2.08. The third kappa shape index (κ3) is 4.07. The van der Waals surface area contributed by atoms with E-state index in [9.17, 15) is 4.79 Å². The zero-order valence-corrected chi connectivity index (χ0v) is 12.3. The lowest BCUT2D eigenvalue weighted by Crippen LogP contribution is -2.19. The summed E-state index contributed by atoms with van der Waals surface area (Å²) in [6, 6.07) is 19.8. The molecule has 0 bridgehead atoms. The van der Waals surface area contributed by atoms with Crippen LogP contribution in [0.3, 0.4) is 0 Å². The van der Waals surface area contributed by atoms with Crippen LogP contribution in [-0.2, 0) is 0 Å². The standard InChI is InChI=1S/C18H15N3O2/c22-18(20-14-7-6-12-19-13-14)21-16-10-4-5-11-17(16)23-15-8-2-1-3-9-15/h1-13H,(H2,20,21,22). The number of urea groups is 1. The largest absolute Gasteiger partial charge is 0.455 e. The van der Waals surface area contributed by atoms with Gasteiger partial charge in [0.25, 0.3) is 0 Å². The van der Waals surface area contributed by atoms with Gasteiger partial charge in [0, 0.05) is 6.20 Å². The number of amides is 2. The van der Waals surface area contributed by atoms with E-state index < -0.39 is 0 Å². The van der Waals surface area contributed by atoms with E-state index in [-0.39, 0.29) is 6.03 Å². The van der Waals surface area contributed by atoms with Crippen molar-refractivity contribution in [3.63, 3.8) is 0 Å². The Bertz CT molecular complexity index is 777. The highest BCUT2D eigenvalue weighted by atomic mass is 16.5. The SMILES string of the molecule is O=C(Nc1cccnc1)Nc1ccccc1Oc1ccccc1. The minimum Gasteiger partial charge on any atom is -0.455 e. The lowest BCUT2D eigenvalue weighted by molar-refractivity contribution is 0.262. The van der Waals surface area contributed by atoms with E-state index in [1.165, 1.54) is 0 Å². The lowest BCUT2D eigenvalue weighted by atomic mass is 10.3. The molecule has 2 N–H and O–H groups in total. The number of hydrogen-bond acceptors (Lipinski definition) is 3. The first-order chi connectivity index (χ1) is 11.3. The van der Waals surface area contributed by atoms with Crippen LogP contribution in [0.1, 0.15) is 0 Å². The van der Waals surface area contributed by atoms with Crippen molar-refractivity contribution < 1.29 is 9.53 Å². The van der Waals surface area contributed by atoms with Crippen molar-refractivity contribution in [2.75, 3.05) is 10.6 Å². The topological polar surface area (TPSA) is 63.2 Å². The second kappa shape index (κ2) is 7.09. The highest BCUT2D eigenvalue weighted by molar-refractivity contribution is 6.00. The van der Waals surface area contributed by atoms with Crippen LogP contribution in [0.4, 0.5) is 16.2 Å². The summed E-state index contributed by atoms with van der Waals surface area (Å²) in [5.74, 6) is 1.27. The zero-order valence-electron chi connectivity index (χ0n) is 12.3. The third-order valence-electron chi connectivity index (χ3n) is 3.03. The van der Waals surface area contributed by atoms with Crippen LogP contribution in [-0.4, -0.2) is 11.0 Å². The number of pyridine rings is 1. The Balaban J connectivity index is 1.71. The van der Waals surface area contributed by atoms with Crippen LogP contribution in [0.25, 0.3) is 0 Å². The average Bonchev–Trinajstić information content (AvgIpc) is 2.58. The van der Waals surface area contributed by atoms with Crippen LogP contribution in [0.5, 0.6) is 11.5 Å². The van der Waals surface area contributed by atoms with Gasteiger partial charge in [-0.3, -0.25) is 4.98 Å². The van der Waals surface area contributed by atoms with Crippen molar-refractivity contribution in [1.29, 1.82) is 0 Å². The molecule has 1 aromatic heterocycles. The highest BCUT2D eigenvalue weighted by Crippen LogP contribution is 2.29. The van der Waals surface area contributed by atoms with Crippen molar-refractivity contribution in [3.8, 4) is 11.5 Å². The number of rotatable bonds is 4. The lowest BCUT2D eigenvalue weighted by Gasteiger charge is -2.12. The summed E-state index contributed by atoms with van der Waals surface area (Å²) in [7, 11) is 0. The smallest absolute Gasteiger partial charge is 0.323 e. The third-order valence-corrected chi connectivity index (χ3v) is 3.03. The van der Waals surface area contributed by atoms with E-state index in [4.69, 9.17) is 4.74 Å². The molecule has 3 aromatic rings. The summed E-state index contributed by atoms with van der Waals surface area (Å²) >= 11 is 0. The fraction of sp³-hybridized carbons (Fsp3) is 0. The Morgan fingerprint density at radius 1 is 0.870 bits per heavy atom. The number of carbonyl (C=O) groups is 1. The number of aromatic nitrogens is 1. The van der Waals surface area contributed by atoms with Crippen LogP contribution in [0, 0.1) is 0 Å². The fourth-order valence-corrected chi connectivity index (χ4v) is 2.00. The zero-order chi connectivity index (χ0) is 15.9. The first-order valence-corrected chi connectivity index (χ1v) is 7.11. The molecule has 0 aliphatic heterocycles. The van der Waals surface area contributed by atoms with Gasteiger partial charge in [0.05, 0.1) is 17.6 Å². The first kappa shape index (κ1) is 14.6. The fourth-order valence-electron chi connectivity index (χ4n) is 2.00. The van der Waals surface area contributed by atoms with E-state index in [2.05, 4.69) is 15.6 Å². The van der Waals surface area contributed by atoms with Gasteiger partial charge in [-0.25, -0.2) is 4.79 Å². The molecule has 0 aliphatic rings. The molecule has 0 aliphatic carbocycles. The molecule has 0 saturated heterocycles. The van der Waals surface area contributed by atoms with Gasteiger partial charge in [-0.1, -0.05) is 30.3 Å². The van der Waals surface area contributed by atoms with Crippen molar-refractivity contribution in [2.24, 2.45) is 0 Å². The quantitative estimate of drug-likeness (QED) is 0.745. The first-order valence-electron chi connectivity index (χ1n) is 7.11. The number of benzene rings is 2. The van der Waals surface area contributed by atoms with E-state index in [0.29, 0.717) is 22.9 Å². The van der Waals surface area contributed by atoms with Crippen LogP contribution >= 0.6 is 0 Å².